The molecular formula is C16H20N2O. The van der Waals surface area contributed by atoms with Gasteiger partial charge in [-0.3, -0.25) is 0 Å². The third-order valence-corrected chi connectivity index (χ3v) is 3.86. The molecule has 3 heteroatoms. The molecule has 0 bridgehead atoms. The molecule has 0 aliphatic carbocycles. The molecule has 1 fully saturated rings. The minimum absolute atomic E-state index is 0.477. The van der Waals surface area contributed by atoms with E-state index in [1.165, 1.54) is 5.56 Å². The maximum atomic E-state index is 5.94. The van der Waals surface area contributed by atoms with E-state index in [9.17, 15) is 0 Å². The summed E-state index contributed by atoms with van der Waals surface area (Å²) in [6.45, 7) is 4.29. The highest BCUT2D eigenvalue weighted by Crippen LogP contribution is 2.28. The van der Waals surface area contributed by atoms with Crippen LogP contribution in [0.25, 0.3) is 11.3 Å². The molecule has 1 saturated heterocycles. The van der Waals surface area contributed by atoms with E-state index in [2.05, 4.69) is 41.5 Å². The van der Waals surface area contributed by atoms with Crippen molar-refractivity contribution in [1.82, 2.24) is 10.3 Å². The summed E-state index contributed by atoms with van der Waals surface area (Å²) >= 11 is 0. The summed E-state index contributed by atoms with van der Waals surface area (Å²) in [4.78, 5) is 4.46. The Balaban J connectivity index is 1.79. The highest BCUT2D eigenvalue weighted by Gasteiger charge is 2.20. The van der Waals surface area contributed by atoms with Crippen LogP contribution in [-0.4, -0.2) is 18.1 Å². The minimum atomic E-state index is 0.477. The number of oxazole rings is 1. The second-order valence-electron chi connectivity index (χ2n) is 5.14. The van der Waals surface area contributed by atoms with Gasteiger partial charge in [0.1, 0.15) is 0 Å². The third-order valence-electron chi connectivity index (χ3n) is 3.86. The van der Waals surface area contributed by atoms with Crippen LogP contribution in [0.4, 0.5) is 0 Å². The summed E-state index contributed by atoms with van der Waals surface area (Å²) in [7, 11) is 0. The average molecular weight is 256 g/mol. The topological polar surface area (TPSA) is 38.1 Å². The van der Waals surface area contributed by atoms with E-state index >= 15 is 0 Å². The van der Waals surface area contributed by atoms with Crippen LogP contribution < -0.4 is 5.32 Å². The molecule has 100 valence electrons. The molecule has 2 aromatic rings. The number of hydrogen-bond donors (Lipinski definition) is 1. The van der Waals surface area contributed by atoms with Gasteiger partial charge in [-0.2, -0.15) is 0 Å². The highest BCUT2D eigenvalue weighted by atomic mass is 16.4. The standard InChI is InChI=1S/C16H20N2O/c1-2-12-3-5-13(6-4-12)15-11-18-16(19-15)14-7-9-17-10-8-14/h3-6,11,14,17H,2,7-10H2,1H3. The Labute approximate surface area is 114 Å². The molecule has 0 saturated carbocycles. The molecule has 0 amide bonds. The lowest BCUT2D eigenvalue weighted by atomic mass is 9.98. The molecule has 1 aromatic carbocycles. The SMILES string of the molecule is CCc1ccc(-c2cnc(C3CCNCC3)o2)cc1. The summed E-state index contributed by atoms with van der Waals surface area (Å²) in [6.07, 6.45) is 5.17. The zero-order chi connectivity index (χ0) is 13.1. The fourth-order valence-electron chi connectivity index (χ4n) is 2.58. The Morgan fingerprint density at radius 1 is 1.21 bits per heavy atom. The number of nitrogens with zero attached hydrogens (tertiary/aromatic N) is 1. The first kappa shape index (κ1) is 12.4. The third kappa shape index (κ3) is 2.71. The van der Waals surface area contributed by atoms with Gasteiger partial charge in [0.2, 0.25) is 0 Å². The number of rotatable bonds is 3. The lowest BCUT2D eigenvalue weighted by Gasteiger charge is -2.19. The van der Waals surface area contributed by atoms with Crippen LogP contribution in [0.5, 0.6) is 0 Å². The number of piperidine rings is 1. The van der Waals surface area contributed by atoms with Crippen molar-refractivity contribution in [2.24, 2.45) is 0 Å². The Bertz CT molecular complexity index is 524. The first-order valence-electron chi connectivity index (χ1n) is 7.12. The van der Waals surface area contributed by atoms with E-state index in [0.717, 1.165) is 49.6 Å². The molecule has 2 heterocycles. The summed E-state index contributed by atoms with van der Waals surface area (Å²) in [5, 5.41) is 3.37. The summed E-state index contributed by atoms with van der Waals surface area (Å²) in [5.74, 6) is 2.26. The van der Waals surface area contributed by atoms with E-state index in [4.69, 9.17) is 4.42 Å². The fourth-order valence-corrected chi connectivity index (χ4v) is 2.58. The predicted molar refractivity (Wildman–Crippen MR) is 76.2 cm³/mol. The first-order valence-corrected chi connectivity index (χ1v) is 7.12. The van der Waals surface area contributed by atoms with Gasteiger partial charge in [0, 0.05) is 11.5 Å². The minimum Gasteiger partial charge on any atom is -0.440 e. The van der Waals surface area contributed by atoms with E-state index < -0.39 is 0 Å². The van der Waals surface area contributed by atoms with Crippen LogP contribution in [0.1, 0.15) is 37.1 Å². The summed E-state index contributed by atoms with van der Waals surface area (Å²) in [5.41, 5.74) is 2.46. The second-order valence-corrected chi connectivity index (χ2v) is 5.14. The number of benzene rings is 1. The Morgan fingerprint density at radius 3 is 2.63 bits per heavy atom. The maximum absolute atomic E-state index is 5.94. The molecule has 1 aromatic heterocycles. The maximum Gasteiger partial charge on any atom is 0.198 e. The van der Waals surface area contributed by atoms with Crippen molar-refractivity contribution in [2.45, 2.75) is 32.1 Å². The van der Waals surface area contributed by atoms with Gasteiger partial charge in [0.05, 0.1) is 6.20 Å². The van der Waals surface area contributed by atoms with Crippen LogP contribution in [-0.2, 0) is 6.42 Å². The van der Waals surface area contributed by atoms with E-state index in [1.807, 2.05) is 6.20 Å². The molecule has 0 unspecified atom stereocenters. The van der Waals surface area contributed by atoms with Crippen molar-refractivity contribution in [3.8, 4) is 11.3 Å². The number of hydrogen-bond acceptors (Lipinski definition) is 3. The predicted octanol–water partition coefficient (Wildman–Crippen LogP) is 3.37. The molecule has 3 nitrogen and oxygen atoms in total. The second kappa shape index (κ2) is 5.57. The monoisotopic (exact) mass is 256 g/mol. The van der Waals surface area contributed by atoms with Crippen molar-refractivity contribution in [2.75, 3.05) is 13.1 Å². The zero-order valence-corrected chi connectivity index (χ0v) is 11.4. The fraction of sp³-hybridized carbons (Fsp3) is 0.438. The number of nitrogens with one attached hydrogen (secondary N) is 1. The van der Waals surface area contributed by atoms with Gasteiger partial charge in [0.25, 0.3) is 0 Å². The number of aryl methyl sites for hydroxylation is 1. The zero-order valence-electron chi connectivity index (χ0n) is 11.4. The molecule has 19 heavy (non-hydrogen) atoms. The Kier molecular flexibility index (Phi) is 3.65. The van der Waals surface area contributed by atoms with Crippen molar-refractivity contribution in [3.63, 3.8) is 0 Å². The van der Waals surface area contributed by atoms with Gasteiger partial charge < -0.3 is 9.73 Å². The first-order chi connectivity index (χ1) is 9.36. The average Bonchev–Trinajstić information content (AvgIpc) is 2.98. The lowest BCUT2D eigenvalue weighted by molar-refractivity contribution is 0.378. The molecular weight excluding hydrogens is 236 g/mol. The van der Waals surface area contributed by atoms with E-state index in [-0.39, 0.29) is 0 Å². The van der Waals surface area contributed by atoms with Gasteiger partial charge >= 0.3 is 0 Å². The van der Waals surface area contributed by atoms with Crippen molar-refractivity contribution >= 4 is 0 Å². The summed E-state index contributed by atoms with van der Waals surface area (Å²) in [6, 6.07) is 8.54. The van der Waals surface area contributed by atoms with Crippen LogP contribution in [0.15, 0.2) is 34.9 Å². The van der Waals surface area contributed by atoms with Gasteiger partial charge in [0.15, 0.2) is 11.7 Å². The smallest absolute Gasteiger partial charge is 0.198 e. The van der Waals surface area contributed by atoms with Crippen molar-refractivity contribution < 1.29 is 4.42 Å². The highest BCUT2D eigenvalue weighted by molar-refractivity contribution is 5.56. The molecule has 0 spiro atoms. The molecule has 1 aliphatic heterocycles. The molecule has 3 rings (SSSR count). The van der Waals surface area contributed by atoms with Crippen LogP contribution in [0.3, 0.4) is 0 Å². The van der Waals surface area contributed by atoms with Crippen molar-refractivity contribution in [3.05, 3.63) is 41.9 Å². The van der Waals surface area contributed by atoms with Crippen LogP contribution in [0, 0.1) is 0 Å². The largest absolute Gasteiger partial charge is 0.440 e. The summed E-state index contributed by atoms with van der Waals surface area (Å²) < 4.78 is 5.94. The normalized spacial score (nSPS) is 16.7. The van der Waals surface area contributed by atoms with Crippen molar-refractivity contribution in [1.29, 1.82) is 0 Å². The van der Waals surface area contributed by atoms with Gasteiger partial charge in [-0.25, -0.2) is 4.98 Å². The Hall–Kier alpha value is -1.61. The van der Waals surface area contributed by atoms with E-state index in [0.29, 0.717) is 5.92 Å². The molecule has 0 atom stereocenters. The van der Waals surface area contributed by atoms with Crippen LogP contribution >= 0.6 is 0 Å². The van der Waals surface area contributed by atoms with Gasteiger partial charge in [-0.1, -0.05) is 31.2 Å². The number of aromatic nitrogens is 1. The van der Waals surface area contributed by atoms with Crippen LogP contribution in [0.2, 0.25) is 0 Å². The van der Waals surface area contributed by atoms with Gasteiger partial charge in [-0.05, 0) is 37.9 Å². The lowest BCUT2D eigenvalue weighted by Crippen LogP contribution is -2.26. The van der Waals surface area contributed by atoms with E-state index in [1.54, 1.807) is 0 Å². The Morgan fingerprint density at radius 2 is 1.95 bits per heavy atom. The van der Waals surface area contributed by atoms with Gasteiger partial charge in [-0.15, -0.1) is 0 Å². The molecule has 0 radical (unpaired) electrons. The molecule has 1 aliphatic rings. The quantitative estimate of drug-likeness (QED) is 0.915. The molecule has 1 N–H and O–H groups in total.